The van der Waals surface area contributed by atoms with Crippen LogP contribution >= 0.6 is 0 Å². The zero-order valence-corrected chi connectivity index (χ0v) is 37.7. The smallest absolute Gasteiger partial charge is 0.306 e. The maximum Gasteiger partial charge on any atom is 0.306 e. The molecule has 6 nitrogen and oxygen atoms in total. The molecule has 0 radical (unpaired) electrons. The summed E-state index contributed by atoms with van der Waals surface area (Å²) in [6.07, 6.45) is 38.2. The van der Waals surface area contributed by atoms with Gasteiger partial charge in [0, 0.05) is 19.3 Å². The van der Waals surface area contributed by atoms with Crippen LogP contribution in [0, 0.1) is 17.8 Å². The lowest BCUT2D eigenvalue weighted by molar-refractivity contribution is -0.167. The molecule has 0 aliphatic carbocycles. The number of hydrogen-bond acceptors (Lipinski definition) is 6. The first-order valence-electron chi connectivity index (χ1n) is 24.2. The molecule has 0 spiro atoms. The Hall–Kier alpha value is -1.59. The summed E-state index contributed by atoms with van der Waals surface area (Å²) in [6.45, 7) is 13.6. The molecule has 0 aliphatic heterocycles. The molecule has 0 N–H and O–H groups in total. The van der Waals surface area contributed by atoms with Gasteiger partial charge in [-0.25, -0.2) is 0 Å². The highest BCUT2D eigenvalue weighted by Gasteiger charge is 2.19. The number of carbonyl (C=O) groups is 3. The molecule has 2 unspecified atom stereocenters. The van der Waals surface area contributed by atoms with E-state index in [4.69, 9.17) is 14.2 Å². The molecule has 0 saturated heterocycles. The molecule has 326 valence electrons. The summed E-state index contributed by atoms with van der Waals surface area (Å²) in [4.78, 5) is 37.7. The molecule has 0 rings (SSSR count). The molecular weight excluding hydrogens is 685 g/mol. The maximum atomic E-state index is 12.7. The van der Waals surface area contributed by atoms with E-state index in [1.165, 1.54) is 141 Å². The lowest BCUT2D eigenvalue weighted by Crippen LogP contribution is -2.30. The van der Waals surface area contributed by atoms with Gasteiger partial charge in [0.25, 0.3) is 0 Å². The minimum Gasteiger partial charge on any atom is -0.462 e. The van der Waals surface area contributed by atoms with E-state index in [9.17, 15) is 14.4 Å². The molecule has 6 heteroatoms. The van der Waals surface area contributed by atoms with Gasteiger partial charge in [-0.15, -0.1) is 0 Å². The molecule has 0 aliphatic rings. The fourth-order valence-electron chi connectivity index (χ4n) is 7.17. The van der Waals surface area contributed by atoms with Crippen LogP contribution in [0.2, 0.25) is 0 Å². The van der Waals surface area contributed by atoms with Gasteiger partial charge in [0.2, 0.25) is 0 Å². The highest BCUT2D eigenvalue weighted by atomic mass is 16.6. The summed E-state index contributed by atoms with van der Waals surface area (Å²) >= 11 is 0. The highest BCUT2D eigenvalue weighted by Crippen LogP contribution is 2.18. The van der Waals surface area contributed by atoms with Crippen LogP contribution in [0.1, 0.15) is 260 Å². The van der Waals surface area contributed by atoms with Gasteiger partial charge in [0.15, 0.2) is 6.10 Å². The third kappa shape index (κ3) is 40.4. The second kappa shape index (κ2) is 40.6. The Morgan fingerprint density at radius 3 is 0.945 bits per heavy atom. The van der Waals surface area contributed by atoms with Crippen molar-refractivity contribution in [3.63, 3.8) is 0 Å². The van der Waals surface area contributed by atoms with Gasteiger partial charge in [-0.05, 0) is 37.0 Å². The number of unbranched alkanes of at least 4 members (excludes halogenated alkanes) is 23. The van der Waals surface area contributed by atoms with Crippen LogP contribution in [-0.2, 0) is 28.6 Å². The Bertz CT molecular complexity index is 856. The van der Waals surface area contributed by atoms with Gasteiger partial charge < -0.3 is 14.2 Å². The van der Waals surface area contributed by atoms with Crippen molar-refractivity contribution in [2.45, 2.75) is 266 Å². The Labute approximate surface area is 342 Å². The van der Waals surface area contributed by atoms with Crippen molar-refractivity contribution in [3.8, 4) is 0 Å². The average molecular weight is 779 g/mol. The van der Waals surface area contributed by atoms with E-state index in [-0.39, 0.29) is 31.1 Å². The summed E-state index contributed by atoms with van der Waals surface area (Å²) in [7, 11) is 0. The molecule has 0 bridgehead atoms. The van der Waals surface area contributed by atoms with Crippen LogP contribution in [0.3, 0.4) is 0 Å². The van der Waals surface area contributed by atoms with E-state index < -0.39 is 6.10 Å². The van der Waals surface area contributed by atoms with E-state index >= 15 is 0 Å². The van der Waals surface area contributed by atoms with Gasteiger partial charge in [0.1, 0.15) is 13.2 Å². The zero-order valence-electron chi connectivity index (χ0n) is 37.7. The van der Waals surface area contributed by atoms with Gasteiger partial charge in [-0.3, -0.25) is 14.4 Å². The van der Waals surface area contributed by atoms with Crippen LogP contribution in [0.5, 0.6) is 0 Å². The number of carbonyl (C=O) groups excluding carboxylic acids is 3. The molecule has 0 amide bonds. The van der Waals surface area contributed by atoms with E-state index in [0.29, 0.717) is 19.3 Å². The third-order valence-corrected chi connectivity index (χ3v) is 11.6. The maximum absolute atomic E-state index is 12.7. The van der Waals surface area contributed by atoms with Gasteiger partial charge in [-0.1, -0.05) is 221 Å². The monoisotopic (exact) mass is 779 g/mol. The summed E-state index contributed by atoms with van der Waals surface area (Å²) in [5.41, 5.74) is 0. The minimum atomic E-state index is -0.763. The van der Waals surface area contributed by atoms with Gasteiger partial charge >= 0.3 is 17.9 Å². The predicted molar refractivity (Wildman–Crippen MR) is 233 cm³/mol. The largest absolute Gasteiger partial charge is 0.462 e. The lowest BCUT2D eigenvalue weighted by Gasteiger charge is -2.18. The van der Waals surface area contributed by atoms with E-state index in [0.717, 1.165) is 75.5 Å². The summed E-state index contributed by atoms with van der Waals surface area (Å²) in [5.74, 6) is 1.60. The summed E-state index contributed by atoms with van der Waals surface area (Å²) < 4.78 is 16.7. The number of rotatable bonds is 42. The molecule has 0 aromatic heterocycles. The van der Waals surface area contributed by atoms with Gasteiger partial charge in [-0.2, -0.15) is 0 Å². The van der Waals surface area contributed by atoms with Crippen LogP contribution in [-0.4, -0.2) is 37.2 Å². The van der Waals surface area contributed by atoms with Crippen molar-refractivity contribution < 1.29 is 28.6 Å². The fourth-order valence-corrected chi connectivity index (χ4v) is 7.17. The van der Waals surface area contributed by atoms with Crippen LogP contribution < -0.4 is 0 Å². The average Bonchev–Trinajstić information content (AvgIpc) is 3.17. The van der Waals surface area contributed by atoms with Crippen LogP contribution in [0.15, 0.2) is 0 Å². The van der Waals surface area contributed by atoms with Crippen molar-refractivity contribution in [1.29, 1.82) is 0 Å². The Morgan fingerprint density at radius 2 is 0.636 bits per heavy atom. The van der Waals surface area contributed by atoms with E-state index in [1.54, 1.807) is 0 Å². The van der Waals surface area contributed by atoms with Crippen molar-refractivity contribution in [2.24, 2.45) is 17.8 Å². The van der Waals surface area contributed by atoms with Crippen LogP contribution in [0.25, 0.3) is 0 Å². The highest BCUT2D eigenvalue weighted by molar-refractivity contribution is 5.71. The first-order chi connectivity index (χ1) is 26.7. The van der Waals surface area contributed by atoms with Crippen molar-refractivity contribution in [3.05, 3.63) is 0 Å². The molecule has 3 atom stereocenters. The standard InChI is InChI=1S/C49H94O6/c1-7-44(5)36-30-24-17-15-13-11-9-10-12-14-16-18-26-32-38-47(50)53-41-46(55-49(52)40-34-28-21-19-23-29-35-43(3)4)42-54-48(51)39-33-27-22-20-25-31-37-45(6)8-2/h43-46H,7-42H2,1-6H3/t44?,45?,46-/m0/s1. The fraction of sp³-hybridized carbons (Fsp3) is 0.939. The zero-order chi connectivity index (χ0) is 40.6. The second-order valence-electron chi connectivity index (χ2n) is 17.7. The Balaban J connectivity index is 4.24. The van der Waals surface area contributed by atoms with Crippen molar-refractivity contribution in [2.75, 3.05) is 13.2 Å². The number of esters is 3. The normalized spacial score (nSPS) is 13.1. The van der Waals surface area contributed by atoms with Crippen LogP contribution in [0.4, 0.5) is 0 Å². The van der Waals surface area contributed by atoms with Crippen molar-refractivity contribution in [1.82, 2.24) is 0 Å². The number of ether oxygens (including phenoxy) is 3. The molecule has 0 aromatic carbocycles. The topological polar surface area (TPSA) is 78.9 Å². The summed E-state index contributed by atoms with van der Waals surface area (Å²) in [5, 5.41) is 0. The Kier molecular flexibility index (Phi) is 39.4. The molecule has 55 heavy (non-hydrogen) atoms. The molecule has 0 saturated carbocycles. The first kappa shape index (κ1) is 53.4. The van der Waals surface area contributed by atoms with Crippen molar-refractivity contribution >= 4 is 17.9 Å². The second-order valence-corrected chi connectivity index (χ2v) is 17.7. The lowest BCUT2D eigenvalue weighted by atomic mass is 9.99. The molecule has 0 aromatic rings. The Morgan fingerprint density at radius 1 is 0.364 bits per heavy atom. The molecule has 0 heterocycles. The predicted octanol–water partition coefficient (Wildman–Crippen LogP) is 15.2. The number of hydrogen-bond donors (Lipinski definition) is 0. The quantitative estimate of drug-likeness (QED) is 0.0349. The third-order valence-electron chi connectivity index (χ3n) is 11.6. The SMILES string of the molecule is CCC(C)CCCCCCCCCCCCCCCCC(=O)OC[C@@H](COC(=O)CCCCCCCCC(C)CC)OC(=O)CCCCCCCCC(C)C. The summed E-state index contributed by atoms with van der Waals surface area (Å²) in [6, 6.07) is 0. The first-order valence-corrected chi connectivity index (χ1v) is 24.2. The molecule has 0 fully saturated rings. The van der Waals surface area contributed by atoms with E-state index in [1.807, 2.05) is 0 Å². The molecular formula is C49H94O6. The van der Waals surface area contributed by atoms with E-state index in [2.05, 4.69) is 41.5 Å². The van der Waals surface area contributed by atoms with Gasteiger partial charge in [0.05, 0.1) is 0 Å². The minimum absolute atomic E-state index is 0.0669.